The zero-order valence-corrected chi connectivity index (χ0v) is 5.68. The fraction of sp³-hybridized carbons (Fsp3) is 1.00. The third-order valence-corrected chi connectivity index (χ3v) is 2.06. The summed E-state index contributed by atoms with van der Waals surface area (Å²) >= 11 is 0. The Kier molecular flexibility index (Phi) is 1.90. The molecule has 1 rings (SSSR count). The van der Waals surface area contributed by atoms with Crippen molar-refractivity contribution in [1.29, 1.82) is 0 Å². The number of hydrogen-bond donors (Lipinski definition) is 0. The SMILES string of the molecule is CCC1CCOC1C. The minimum Gasteiger partial charge on any atom is -0.378 e. The van der Waals surface area contributed by atoms with Crippen LogP contribution in [0.5, 0.6) is 0 Å². The van der Waals surface area contributed by atoms with Crippen LogP contribution in [0.3, 0.4) is 0 Å². The molecule has 0 aromatic carbocycles. The summed E-state index contributed by atoms with van der Waals surface area (Å²) in [6, 6.07) is 0. The Morgan fingerprint density at radius 3 is 2.62 bits per heavy atom. The topological polar surface area (TPSA) is 9.23 Å². The molecule has 1 saturated heterocycles. The highest BCUT2D eigenvalue weighted by atomic mass is 16.5. The molecule has 1 heteroatoms. The highest BCUT2D eigenvalue weighted by Gasteiger charge is 2.21. The Morgan fingerprint density at radius 2 is 2.38 bits per heavy atom. The van der Waals surface area contributed by atoms with Gasteiger partial charge in [-0.2, -0.15) is 0 Å². The van der Waals surface area contributed by atoms with E-state index in [1.165, 1.54) is 12.8 Å². The average Bonchev–Trinajstić information content (AvgIpc) is 2.14. The van der Waals surface area contributed by atoms with Crippen LogP contribution < -0.4 is 0 Å². The van der Waals surface area contributed by atoms with Crippen molar-refractivity contribution in [1.82, 2.24) is 0 Å². The summed E-state index contributed by atoms with van der Waals surface area (Å²) in [7, 11) is 0. The van der Waals surface area contributed by atoms with Crippen LogP contribution in [-0.4, -0.2) is 12.7 Å². The lowest BCUT2D eigenvalue weighted by atomic mass is 10.0. The van der Waals surface area contributed by atoms with E-state index >= 15 is 0 Å². The summed E-state index contributed by atoms with van der Waals surface area (Å²) in [6.45, 7) is 5.39. The van der Waals surface area contributed by atoms with Crippen LogP contribution in [0.1, 0.15) is 26.7 Å². The molecule has 48 valence electrons. The van der Waals surface area contributed by atoms with Crippen LogP contribution in [-0.2, 0) is 4.74 Å². The molecule has 0 N–H and O–H groups in total. The van der Waals surface area contributed by atoms with E-state index in [-0.39, 0.29) is 0 Å². The molecule has 1 aliphatic heterocycles. The van der Waals surface area contributed by atoms with Gasteiger partial charge in [0.05, 0.1) is 6.10 Å². The molecule has 1 nitrogen and oxygen atoms in total. The molecule has 0 aromatic rings. The van der Waals surface area contributed by atoms with Crippen LogP contribution in [0.2, 0.25) is 0 Å². The van der Waals surface area contributed by atoms with Gasteiger partial charge in [-0.3, -0.25) is 0 Å². The normalized spacial score (nSPS) is 38.2. The lowest BCUT2D eigenvalue weighted by Gasteiger charge is -2.09. The molecule has 0 aromatic heterocycles. The first-order chi connectivity index (χ1) is 3.84. The van der Waals surface area contributed by atoms with Crippen molar-refractivity contribution < 1.29 is 4.74 Å². The summed E-state index contributed by atoms with van der Waals surface area (Å²) in [6.07, 6.45) is 3.08. The van der Waals surface area contributed by atoms with Gasteiger partial charge in [-0.15, -0.1) is 0 Å². The van der Waals surface area contributed by atoms with Gasteiger partial charge in [-0.05, 0) is 19.3 Å². The van der Waals surface area contributed by atoms with E-state index in [9.17, 15) is 0 Å². The predicted molar refractivity (Wildman–Crippen MR) is 33.8 cm³/mol. The molecule has 1 fully saturated rings. The lowest BCUT2D eigenvalue weighted by Crippen LogP contribution is -2.09. The molecule has 0 amide bonds. The first-order valence-corrected chi connectivity index (χ1v) is 3.46. The standard InChI is InChI=1S/C7H14O/c1-3-7-4-5-8-6(7)2/h6-7H,3-5H2,1-2H3. The van der Waals surface area contributed by atoms with Crippen molar-refractivity contribution in [3.8, 4) is 0 Å². The summed E-state index contributed by atoms with van der Waals surface area (Å²) in [5.41, 5.74) is 0. The molecule has 0 bridgehead atoms. The molecule has 0 spiro atoms. The second kappa shape index (κ2) is 2.49. The summed E-state index contributed by atoms with van der Waals surface area (Å²) in [5.74, 6) is 0.843. The Labute approximate surface area is 51.0 Å². The lowest BCUT2D eigenvalue weighted by molar-refractivity contribution is 0.105. The van der Waals surface area contributed by atoms with Gasteiger partial charge in [0.1, 0.15) is 0 Å². The minimum atomic E-state index is 0.528. The summed E-state index contributed by atoms with van der Waals surface area (Å²) < 4.78 is 5.36. The molecule has 2 atom stereocenters. The second-order valence-corrected chi connectivity index (χ2v) is 2.53. The van der Waals surface area contributed by atoms with E-state index in [1.54, 1.807) is 0 Å². The molecule has 0 saturated carbocycles. The first kappa shape index (κ1) is 6.09. The van der Waals surface area contributed by atoms with Crippen molar-refractivity contribution >= 4 is 0 Å². The van der Waals surface area contributed by atoms with E-state index in [2.05, 4.69) is 13.8 Å². The third kappa shape index (κ3) is 1.03. The fourth-order valence-electron chi connectivity index (χ4n) is 1.31. The van der Waals surface area contributed by atoms with E-state index in [0.29, 0.717) is 6.10 Å². The number of hydrogen-bond acceptors (Lipinski definition) is 1. The third-order valence-electron chi connectivity index (χ3n) is 2.06. The quantitative estimate of drug-likeness (QED) is 0.505. The van der Waals surface area contributed by atoms with Gasteiger partial charge < -0.3 is 4.74 Å². The maximum absolute atomic E-state index is 5.36. The first-order valence-electron chi connectivity index (χ1n) is 3.46. The van der Waals surface area contributed by atoms with Crippen molar-refractivity contribution in [3.63, 3.8) is 0 Å². The average molecular weight is 114 g/mol. The maximum atomic E-state index is 5.36. The summed E-state index contributed by atoms with van der Waals surface area (Å²) in [4.78, 5) is 0. The van der Waals surface area contributed by atoms with Crippen LogP contribution in [0.15, 0.2) is 0 Å². The number of ether oxygens (including phenoxy) is 1. The monoisotopic (exact) mass is 114 g/mol. The molecule has 1 heterocycles. The Bertz CT molecular complexity index is 70.8. The van der Waals surface area contributed by atoms with Gasteiger partial charge in [0.15, 0.2) is 0 Å². The van der Waals surface area contributed by atoms with Crippen molar-refractivity contribution in [2.24, 2.45) is 5.92 Å². The molecule has 8 heavy (non-hydrogen) atoms. The van der Waals surface area contributed by atoms with Crippen LogP contribution >= 0.6 is 0 Å². The van der Waals surface area contributed by atoms with E-state index in [4.69, 9.17) is 4.74 Å². The zero-order chi connectivity index (χ0) is 5.98. The highest BCUT2D eigenvalue weighted by molar-refractivity contribution is 4.70. The van der Waals surface area contributed by atoms with Crippen LogP contribution in [0.4, 0.5) is 0 Å². The van der Waals surface area contributed by atoms with Gasteiger partial charge >= 0.3 is 0 Å². The largest absolute Gasteiger partial charge is 0.378 e. The van der Waals surface area contributed by atoms with Gasteiger partial charge in [0.2, 0.25) is 0 Å². The van der Waals surface area contributed by atoms with Crippen molar-refractivity contribution in [3.05, 3.63) is 0 Å². The molecule has 0 aliphatic carbocycles. The molecule has 0 radical (unpaired) electrons. The second-order valence-electron chi connectivity index (χ2n) is 2.53. The molecular weight excluding hydrogens is 100 g/mol. The van der Waals surface area contributed by atoms with Gasteiger partial charge in [-0.1, -0.05) is 13.3 Å². The van der Waals surface area contributed by atoms with Gasteiger partial charge in [-0.25, -0.2) is 0 Å². The predicted octanol–water partition coefficient (Wildman–Crippen LogP) is 1.82. The number of rotatable bonds is 1. The van der Waals surface area contributed by atoms with Crippen molar-refractivity contribution in [2.75, 3.05) is 6.61 Å². The molecular formula is C7H14O. The Morgan fingerprint density at radius 1 is 1.62 bits per heavy atom. The highest BCUT2D eigenvalue weighted by Crippen LogP contribution is 2.22. The molecule has 1 aliphatic rings. The van der Waals surface area contributed by atoms with E-state index in [0.717, 1.165) is 12.5 Å². The minimum absolute atomic E-state index is 0.528. The van der Waals surface area contributed by atoms with Crippen LogP contribution in [0, 0.1) is 5.92 Å². The maximum Gasteiger partial charge on any atom is 0.0575 e. The smallest absolute Gasteiger partial charge is 0.0575 e. The molecule has 2 unspecified atom stereocenters. The summed E-state index contributed by atoms with van der Waals surface area (Å²) in [5, 5.41) is 0. The van der Waals surface area contributed by atoms with E-state index in [1.807, 2.05) is 0 Å². The van der Waals surface area contributed by atoms with Gasteiger partial charge in [0, 0.05) is 6.61 Å². The Hall–Kier alpha value is -0.0400. The van der Waals surface area contributed by atoms with Gasteiger partial charge in [0.25, 0.3) is 0 Å². The zero-order valence-electron chi connectivity index (χ0n) is 5.68. The van der Waals surface area contributed by atoms with Crippen molar-refractivity contribution in [2.45, 2.75) is 32.8 Å². The van der Waals surface area contributed by atoms with E-state index < -0.39 is 0 Å². The van der Waals surface area contributed by atoms with Crippen LogP contribution in [0.25, 0.3) is 0 Å². The fourth-order valence-corrected chi connectivity index (χ4v) is 1.31. The Balaban J connectivity index is 2.30.